The minimum Gasteiger partial charge on any atom is -0.462 e. The smallest absolute Gasteiger partial charge is 0.350 e. The normalized spacial score (nSPS) is 11.2. The number of carbonyl (C=O) groups excluding carboxylic acids is 2. The fraction of sp³-hybridized carbons (Fsp3) is 0.261. The number of aromatic nitrogens is 1. The Labute approximate surface area is 174 Å². The molecule has 0 atom stereocenters. The van der Waals surface area contributed by atoms with E-state index in [4.69, 9.17) is 4.74 Å². The zero-order chi connectivity index (χ0) is 21.0. The maximum Gasteiger partial charge on any atom is 0.350 e. The Hall–Kier alpha value is -2.99. The minimum absolute atomic E-state index is 0.0173. The zero-order valence-corrected chi connectivity index (χ0v) is 17.8. The van der Waals surface area contributed by atoms with Crippen molar-refractivity contribution in [1.82, 2.24) is 4.98 Å². The van der Waals surface area contributed by atoms with Crippen molar-refractivity contribution in [3.8, 4) is 11.3 Å². The molecule has 0 aliphatic heterocycles. The lowest BCUT2D eigenvalue weighted by molar-refractivity contribution is 0.0532. The summed E-state index contributed by atoms with van der Waals surface area (Å²) >= 11 is 1.12. The first-order chi connectivity index (χ1) is 13.8. The summed E-state index contributed by atoms with van der Waals surface area (Å²) in [4.78, 5) is 29.9. The van der Waals surface area contributed by atoms with Gasteiger partial charge in [0, 0.05) is 11.1 Å². The Balaban J connectivity index is 1.87. The van der Waals surface area contributed by atoms with Crippen LogP contribution in [0.1, 0.15) is 53.3 Å². The third kappa shape index (κ3) is 4.90. The predicted octanol–water partition coefficient (Wildman–Crippen LogP) is 5.54. The second-order valence-corrected chi connectivity index (χ2v) is 8.56. The second kappa shape index (κ2) is 8.57. The fourth-order valence-electron chi connectivity index (χ4n) is 2.79. The molecular weight excluding hydrogens is 384 g/mol. The molecule has 0 saturated heterocycles. The second-order valence-electron chi connectivity index (χ2n) is 7.56. The monoisotopic (exact) mass is 408 g/mol. The van der Waals surface area contributed by atoms with E-state index in [2.05, 4.69) is 31.1 Å². The van der Waals surface area contributed by atoms with Crippen molar-refractivity contribution >= 4 is 28.3 Å². The molecule has 1 N–H and O–H groups in total. The first-order valence-corrected chi connectivity index (χ1v) is 10.3. The van der Waals surface area contributed by atoms with E-state index >= 15 is 0 Å². The number of thiazole rings is 1. The number of amides is 1. The minimum atomic E-state index is -0.445. The van der Waals surface area contributed by atoms with Gasteiger partial charge < -0.3 is 4.74 Å². The first kappa shape index (κ1) is 20.7. The number of rotatable bonds is 5. The lowest BCUT2D eigenvalue weighted by Crippen LogP contribution is -2.14. The largest absolute Gasteiger partial charge is 0.462 e. The highest BCUT2D eigenvalue weighted by atomic mass is 32.1. The molecule has 0 aliphatic rings. The molecule has 0 radical (unpaired) electrons. The average Bonchev–Trinajstić information content (AvgIpc) is 3.12. The van der Waals surface area contributed by atoms with Crippen molar-refractivity contribution in [2.75, 3.05) is 11.9 Å². The molecule has 1 heterocycles. The van der Waals surface area contributed by atoms with Crippen LogP contribution in [0.4, 0.5) is 5.13 Å². The van der Waals surface area contributed by atoms with Gasteiger partial charge in [0.15, 0.2) is 5.13 Å². The number of carbonyl (C=O) groups is 2. The number of hydrogen-bond acceptors (Lipinski definition) is 5. The van der Waals surface area contributed by atoms with Crippen LogP contribution >= 0.6 is 11.3 Å². The molecular formula is C23H24N2O3S. The summed E-state index contributed by atoms with van der Waals surface area (Å²) < 4.78 is 5.16. The van der Waals surface area contributed by atoms with Crippen molar-refractivity contribution in [3.05, 3.63) is 70.6 Å². The van der Waals surface area contributed by atoms with Gasteiger partial charge in [-0.3, -0.25) is 10.1 Å². The Kier molecular flexibility index (Phi) is 6.13. The molecule has 2 aromatic carbocycles. The molecule has 1 amide bonds. The molecule has 29 heavy (non-hydrogen) atoms. The van der Waals surface area contributed by atoms with Crippen LogP contribution in [-0.4, -0.2) is 23.5 Å². The molecule has 3 aromatic rings. The summed E-state index contributed by atoms with van der Waals surface area (Å²) in [5, 5.41) is 3.16. The van der Waals surface area contributed by atoms with Gasteiger partial charge in [-0.05, 0) is 30.0 Å². The highest BCUT2D eigenvalue weighted by Crippen LogP contribution is 2.32. The van der Waals surface area contributed by atoms with Gasteiger partial charge in [-0.1, -0.05) is 74.6 Å². The Morgan fingerprint density at radius 1 is 1.03 bits per heavy atom. The molecule has 6 heteroatoms. The number of benzene rings is 2. The van der Waals surface area contributed by atoms with E-state index in [1.807, 2.05) is 42.5 Å². The van der Waals surface area contributed by atoms with Gasteiger partial charge in [-0.25, -0.2) is 9.78 Å². The predicted molar refractivity (Wildman–Crippen MR) is 117 cm³/mol. The van der Waals surface area contributed by atoms with Crippen LogP contribution in [0.2, 0.25) is 0 Å². The number of hydrogen-bond donors (Lipinski definition) is 1. The van der Waals surface area contributed by atoms with E-state index in [1.165, 1.54) is 0 Å². The summed E-state index contributed by atoms with van der Waals surface area (Å²) in [5.74, 6) is -0.715. The third-order valence-electron chi connectivity index (χ3n) is 4.37. The summed E-state index contributed by atoms with van der Waals surface area (Å²) in [6.45, 7) is 8.40. The maximum atomic E-state index is 12.7. The Morgan fingerprint density at radius 2 is 1.69 bits per heavy atom. The number of anilines is 1. The number of esters is 1. The standard InChI is InChI=1S/C23H24N2O3S/c1-5-28-21(27)19-18(15-9-7-6-8-10-15)24-22(29-19)25-20(26)16-11-13-17(14-12-16)23(2,3)4/h6-14H,5H2,1-4H3,(H,24,25,26). The summed E-state index contributed by atoms with van der Waals surface area (Å²) in [6, 6.07) is 16.9. The Morgan fingerprint density at radius 3 is 2.28 bits per heavy atom. The summed E-state index contributed by atoms with van der Waals surface area (Å²) in [5.41, 5.74) is 3.00. The average molecular weight is 409 g/mol. The van der Waals surface area contributed by atoms with Gasteiger partial charge in [0.25, 0.3) is 5.91 Å². The molecule has 0 bridgehead atoms. The van der Waals surface area contributed by atoms with Crippen molar-refractivity contribution < 1.29 is 14.3 Å². The van der Waals surface area contributed by atoms with Crippen LogP contribution in [0.5, 0.6) is 0 Å². The number of nitrogens with zero attached hydrogens (tertiary/aromatic N) is 1. The van der Waals surface area contributed by atoms with Crippen molar-refractivity contribution in [2.45, 2.75) is 33.1 Å². The van der Waals surface area contributed by atoms with Crippen molar-refractivity contribution in [1.29, 1.82) is 0 Å². The van der Waals surface area contributed by atoms with E-state index in [0.29, 0.717) is 21.3 Å². The molecule has 0 spiro atoms. The Bertz CT molecular complexity index is 1000. The quantitative estimate of drug-likeness (QED) is 0.563. The van der Waals surface area contributed by atoms with Gasteiger partial charge in [0.1, 0.15) is 4.88 Å². The molecule has 1 aromatic heterocycles. The lowest BCUT2D eigenvalue weighted by Gasteiger charge is -2.18. The van der Waals surface area contributed by atoms with Gasteiger partial charge in [0.05, 0.1) is 12.3 Å². The van der Waals surface area contributed by atoms with Crippen LogP contribution in [0, 0.1) is 0 Å². The highest BCUT2D eigenvalue weighted by Gasteiger charge is 2.22. The molecule has 0 aliphatic carbocycles. The molecule has 0 unspecified atom stereocenters. The SMILES string of the molecule is CCOC(=O)c1sc(NC(=O)c2ccc(C(C)(C)C)cc2)nc1-c1ccccc1. The van der Waals surface area contributed by atoms with Crippen LogP contribution < -0.4 is 5.32 Å². The molecule has 0 saturated carbocycles. The van der Waals surface area contributed by atoms with E-state index in [0.717, 1.165) is 22.5 Å². The first-order valence-electron chi connectivity index (χ1n) is 9.45. The molecule has 0 fully saturated rings. The van der Waals surface area contributed by atoms with Crippen LogP contribution in [0.3, 0.4) is 0 Å². The molecule has 3 rings (SSSR count). The summed E-state index contributed by atoms with van der Waals surface area (Å²) in [6.07, 6.45) is 0. The maximum absolute atomic E-state index is 12.7. The van der Waals surface area contributed by atoms with Crippen molar-refractivity contribution in [2.24, 2.45) is 0 Å². The van der Waals surface area contributed by atoms with E-state index < -0.39 is 5.97 Å². The van der Waals surface area contributed by atoms with Gasteiger partial charge >= 0.3 is 5.97 Å². The summed E-state index contributed by atoms with van der Waals surface area (Å²) in [7, 11) is 0. The number of ether oxygens (including phenoxy) is 1. The third-order valence-corrected chi connectivity index (χ3v) is 5.32. The fourth-order valence-corrected chi connectivity index (χ4v) is 3.67. The van der Waals surface area contributed by atoms with Gasteiger partial charge in [0.2, 0.25) is 0 Å². The highest BCUT2D eigenvalue weighted by molar-refractivity contribution is 7.18. The van der Waals surface area contributed by atoms with Crippen LogP contribution in [-0.2, 0) is 10.2 Å². The molecule has 150 valence electrons. The molecule has 5 nitrogen and oxygen atoms in total. The van der Waals surface area contributed by atoms with E-state index in [1.54, 1.807) is 19.1 Å². The zero-order valence-electron chi connectivity index (χ0n) is 17.0. The van der Waals surface area contributed by atoms with Crippen molar-refractivity contribution in [3.63, 3.8) is 0 Å². The van der Waals surface area contributed by atoms with Gasteiger partial charge in [-0.2, -0.15) is 0 Å². The topological polar surface area (TPSA) is 68.3 Å². The van der Waals surface area contributed by atoms with Crippen LogP contribution in [0.25, 0.3) is 11.3 Å². The van der Waals surface area contributed by atoms with E-state index in [-0.39, 0.29) is 17.9 Å². The van der Waals surface area contributed by atoms with Gasteiger partial charge in [-0.15, -0.1) is 0 Å². The van der Waals surface area contributed by atoms with E-state index in [9.17, 15) is 9.59 Å². The van der Waals surface area contributed by atoms with Crippen LogP contribution in [0.15, 0.2) is 54.6 Å². The lowest BCUT2D eigenvalue weighted by atomic mass is 9.87. The number of nitrogens with one attached hydrogen (secondary N) is 1.